The van der Waals surface area contributed by atoms with Gasteiger partial charge in [-0.1, -0.05) is 84.6 Å². The monoisotopic (exact) mass is 484 g/mol. The molecule has 5 rings (SSSR count). The first-order valence-corrected chi connectivity index (χ1v) is 12.4. The highest BCUT2D eigenvalue weighted by Gasteiger charge is 2.32. The minimum atomic E-state index is -0.0431. The molecule has 1 fully saturated rings. The van der Waals surface area contributed by atoms with Crippen LogP contribution in [0.1, 0.15) is 16.7 Å². The molecule has 0 spiro atoms. The van der Waals surface area contributed by atoms with E-state index in [4.69, 9.17) is 17.0 Å². The molecule has 6 heteroatoms. The van der Waals surface area contributed by atoms with Crippen molar-refractivity contribution < 1.29 is 9.53 Å². The summed E-state index contributed by atoms with van der Waals surface area (Å²) < 4.78 is 8.74. The van der Waals surface area contributed by atoms with E-state index in [1.807, 2.05) is 66.7 Å². The maximum Gasteiger partial charge on any atom is 0.266 e. The van der Waals surface area contributed by atoms with Gasteiger partial charge in [-0.3, -0.25) is 9.69 Å². The van der Waals surface area contributed by atoms with Crippen LogP contribution in [0.3, 0.4) is 0 Å². The summed E-state index contributed by atoms with van der Waals surface area (Å²) in [5, 5.41) is 1.10. The fourth-order valence-electron chi connectivity index (χ4n) is 4.09. The Labute approximate surface area is 208 Å². The molecule has 1 aliphatic rings. The molecular formula is C28H24N2O2S2. The summed E-state index contributed by atoms with van der Waals surface area (Å²) >= 11 is 6.89. The molecule has 4 aromatic rings. The molecular weight excluding hydrogens is 460 g/mol. The molecule has 34 heavy (non-hydrogen) atoms. The van der Waals surface area contributed by atoms with E-state index in [1.165, 1.54) is 17.3 Å². The number of fused-ring (bicyclic) bond motifs is 1. The van der Waals surface area contributed by atoms with Crippen LogP contribution in [0.5, 0.6) is 5.75 Å². The van der Waals surface area contributed by atoms with Crippen LogP contribution in [0, 0.1) is 6.92 Å². The summed E-state index contributed by atoms with van der Waals surface area (Å²) in [6.07, 6.45) is 4.05. The number of aromatic nitrogens is 1. The van der Waals surface area contributed by atoms with Crippen molar-refractivity contribution in [2.45, 2.75) is 20.0 Å². The Kier molecular flexibility index (Phi) is 6.52. The lowest BCUT2D eigenvalue weighted by Crippen LogP contribution is -2.27. The Morgan fingerprint density at radius 1 is 1.00 bits per heavy atom. The van der Waals surface area contributed by atoms with Gasteiger partial charge in [0.2, 0.25) is 0 Å². The van der Waals surface area contributed by atoms with Crippen molar-refractivity contribution in [3.8, 4) is 5.75 Å². The predicted octanol–water partition coefficient (Wildman–Crippen LogP) is 6.43. The number of thiocarbonyl (C=S) groups is 1. The van der Waals surface area contributed by atoms with Crippen molar-refractivity contribution in [3.05, 3.63) is 107 Å². The van der Waals surface area contributed by atoms with Gasteiger partial charge in [-0.15, -0.1) is 0 Å². The Balaban J connectivity index is 1.36. The van der Waals surface area contributed by atoms with Crippen molar-refractivity contribution in [1.29, 1.82) is 0 Å². The van der Waals surface area contributed by atoms with Crippen LogP contribution in [0.4, 0.5) is 0 Å². The molecule has 0 aliphatic carbocycles. The lowest BCUT2D eigenvalue weighted by molar-refractivity contribution is -0.122. The molecule has 0 radical (unpaired) electrons. The molecule has 1 aliphatic heterocycles. The molecule has 0 N–H and O–H groups in total. The SMILES string of the molecule is Cc1cccc(OCCn2cc(/C=C3/SC(=S)N(Cc4ccccc4)C3=O)c3ccccc32)c1. The molecule has 170 valence electrons. The predicted molar refractivity (Wildman–Crippen MR) is 144 cm³/mol. The second-order valence-corrected chi connectivity index (χ2v) is 9.89. The third kappa shape index (κ3) is 4.79. The summed E-state index contributed by atoms with van der Waals surface area (Å²) in [4.78, 5) is 15.5. The number of rotatable bonds is 7. The fourth-order valence-corrected chi connectivity index (χ4v) is 5.33. The third-order valence-electron chi connectivity index (χ3n) is 5.75. The number of benzene rings is 3. The molecule has 3 aromatic carbocycles. The molecule has 4 nitrogen and oxygen atoms in total. The van der Waals surface area contributed by atoms with Crippen molar-refractivity contribution in [1.82, 2.24) is 9.47 Å². The first kappa shape index (κ1) is 22.4. The Morgan fingerprint density at radius 2 is 1.79 bits per heavy atom. The molecule has 1 aromatic heterocycles. The number of aryl methyl sites for hydroxylation is 1. The number of nitrogens with zero attached hydrogens (tertiary/aromatic N) is 2. The number of carbonyl (C=O) groups excluding carboxylic acids is 1. The fraction of sp³-hybridized carbons (Fsp3) is 0.143. The van der Waals surface area contributed by atoms with Crippen molar-refractivity contribution in [2.24, 2.45) is 0 Å². The van der Waals surface area contributed by atoms with Gasteiger partial charge in [0, 0.05) is 22.7 Å². The smallest absolute Gasteiger partial charge is 0.266 e. The number of amides is 1. The average molecular weight is 485 g/mol. The molecule has 0 saturated carbocycles. The molecule has 0 bridgehead atoms. The first-order chi connectivity index (χ1) is 16.6. The number of thioether (sulfide) groups is 1. The standard InChI is InChI=1S/C28H24N2O2S2/c1-20-8-7-11-23(16-20)32-15-14-29-19-22(24-12-5-6-13-25(24)29)17-26-27(31)30(28(33)34-26)18-21-9-3-2-4-10-21/h2-13,16-17,19H,14-15,18H2,1H3/b26-17+. The minimum absolute atomic E-state index is 0.0431. The van der Waals surface area contributed by atoms with Crippen LogP contribution < -0.4 is 4.74 Å². The highest BCUT2D eigenvalue weighted by Crippen LogP contribution is 2.35. The van der Waals surface area contributed by atoms with Gasteiger partial charge in [0.15, 0.2) is 0 Å². The zero-order chi connectivity index (χ0) is 23.5. The topological polar surface area (TPSA) is 34.5 Å². The molecule has 1 amide bonds. The van der Waals surface area contributed by atoms with Crippen LogP contribution >= 0.6 is 24.0 Å². The van der Waals surface area contributed by atoms with Gasteiger partial charge in [-0.05, 0) is 42.3 Å². The zero-order valence-electron chi connectivity index (χ0n) is 18.8. The summed E-state index contributed by atoms with van der Waals surface area (Å²) in [5.41, 5.74) is 4.36. The van der Waals surface area contributed by atoms with E-state index in [0.717, 1.165) is 27.8 Å². The number of para-hydroxylation sites is 1. The van der Waals surface area contributed by atoms with Crippen LogP contribution in [0.15, 0.2) is 90.0 Å². The molecule has 0 unspecified atom stereocenters. The van der Waals surface area contributed by atoms with E-state index < -0.39 is 0 Å². The van der Waals surface area contributed by atoms with Crippen molar-refractivity contribution in [2.75, 3.05) is 6.61 Å². The average Bonchev–Trinajstić information content (AvgIpc) is 3.32. The quantitative estimate of drug-likeness (QED) is 0.224. The lowest BCUT2D eigenvalue weighted by atomic mass is 10.1. The van der Waals surface area contributed by atoms with Crippen molar-refractivity contribution in [3.63, 3.8) is 0 Å². The van der Waals surface area contributed by atoms with Crippen LogP contribution in [0.25, 0.3) is 17.0 Å². The molecule has 0 atom stereocenters. The maximum absolute atomic E-state index is 13.1. The number of hydrogen-bond donors (Lipinski definition) is 0. The van der Waals surface area contributed by atoms with Gasteiger partial charge in [0.25, 0.3) is 5.91 Å². The summed E-state index contributed by atoms with van der Waals surface area (Å²) in [7, 11) is 0. The largest absolute Gasteiger partial charge is 0.492 e. The highest BCUT2D eigenvalue weighted by atomic mass is 32.2. The minimum Gasteiger partial charge on any atom is -0.492 e. The second-order valence-electron chi connectivity index (χ2n) is 8.21. The van der Waals surface area contributed by atoms with E-state index in [0.29, 0.717) is 28.9 Å². The van der Waals surface area contributed by atoms with E-state index >= 15 is 0 Å². The highest BCUT2D eigenvalue weighted by molar-refractivity contribution is 8.26. The molecule has 2 heterocycles. The number of hydrogen-bond acceptors (Lipinski definition) is 4. The van der Waals surface area contributed by atoms with Crippen LogP contribution in [-0.4, -0.2) is 26.3 Å². The third-order valence-corrected chi connectivity index (χ3v) is 7.13. The number of carbonyl (C=O) groups is 1. The van der Waals surface area contributed by atoms with E-state index in [-0.39, 0.29) is 5.91 Å². The van der Waals surface area contributed by atoms with Crippen LogP contribution in [0.2, 0.25) is 0 Å². The van der Waals surface area contributed by atoms with Gasteiger partial charge in [0.1, 0.15) is 16.7 Å². The van der Waals surface area contributed by atoms with Crippen LogP contribution in [-0.2, 0) is 17.9 Å². The Hall–Kier alpha value is -3.35. The maximum atomic E-state index is 13.1. The Morgan fingerprint density at radius 3 is 2.62 bits per heavy atom. The summed E-state index contributed by atoms with van der Waals surface area (Å²) in [5.74, 6) is 0.831. The van der Waals surface area contributed by atoms with E-state index in [9.17, 15) is 4.79 Å². The van der Waals surface area contributed by atoms with Gasteiger partial charge < -0.3 is 9.30 Å². The summed E-state index contributed by atoms with van der Waals surface area (Å²) in [6, 6.07) is 26.2. The van der Waals surface area contributed by atoms with E-state index in [1.54, 1.807) is 4.90 Å². The Bertz CT molecular complexity index is 1390. The second kappa shape index (κ2) is 9.87. The first-order valence-electron chi connectivity index (χ1n) is 11.1. The van der Waals surface area contributed by atoms with Gasteiger partial charge in [-0.25, -0.2) is 0 Å². The van der Waals surface area contributed by atoms with Gasteiger partial charge in [0.05, 0.1) is 18.0 Å². The van der Waals surface area contributed by atoms with Gasteiger partial charge in [-0.2, -0.15) is 0 Å². The van der Waals surface area contributed by atoms with Crippen molar-refractivity contribution >= 4 is 51.2 Å². The summed E-state index contributed by atoms with van der Waals surface area (Å²) in [6.45, 7) is 3.81. The van der Waals surface area contributed by atoms with E-state index in [2.05, 4.69) is 35.9 Å². The lowest BCUT2D eigenvalue weighted by Gasteiger charge is -2.14. The zero-order valence-corrected chi connectivity index (χ0v) is 20.4. The van der Waals surface area contributed by atoms with Gasteiger partial charge >= 0.3 is 0 Å². The number of ether oxygens (including phenoxy) is 1. The molecule has 1 saturated heterocycles. The normalized spacial score (nSPS) is 15.0.